The fourth-order valence-electron chi connectivity index (χ4n) is 6.66. The lowest BCUT2D eigenvalue weighted by atomic mass is 9.81. The number of benzene rings is 3. The van der Waals surface area contributed by atoms with Crippen LogP contribution in [0.1, 0.15) is 91.0 Å². The van der Waals surface area contributed by atoms with Gasteiger partial charge in [-0.25, -0.2) is 0 Å². The summed E-state index contributed by atoms with van der Waals surface area (Å²) in [5.41, 5.74) is 13.6. The molecule has 5 rings (SSSR count). The molecule has 0 saturated heterocycles. The standard InChI is InChI=1S/C38H48Si/c1-36(2,3)27-18-20-30-26(21-27)22-32-34(30)31(25-15-13-12-14-16-25)24-33(38(7,8)9)35(32)39(10,11)29-19-17-28(23-29)37(4,5)6/h12-18,20-21,23-24H,19,22H2,1-11H3. The van der Waals surface area contributed by atoms with Crippen molar-refractivity contribution in [3.8, 4) is 22.3 Å². The van der Waals surface area contributed by atoms with Gasteiger partial charge in [-0.2, -0.15) is 0 Å². The van der Waals surface area contributed by atoms with E-state index in [1.807, 2.05) is 0 Å². The molecule has 0 nitrogen and oxygen atoms in total. The van der Waals surface area contributed by atoms with Crippen LogP contribution < -0.4 is 5.19 Å². The summed E-state index contributed by atoms with van der Waals surface area (Å²) in [6, 6.07) is 21.0. The molecule has 3 aromatic carbocycles. The Morgan fingerprint density at radius 2 is 1.36 bits per heavy atom. The van der Waals surface area contributed by atoms with Gasteiger partial charge in [0.05, 0.1) is 0 Å². The molecule has 0 unspecified atom stereocenters. The summed E-state index contributed by atoms with van der Waals surface area (Å²) < 4.78 is 0. The average molecular weight is 533 g/mol. The average Bonchev–Trinajstić information content (AvgIpc) is 3.48. The molecule has 0 atom stereocenters. The maximum atomic E-state index is 2.62. The molecule has 0 bridgehead atoms. The van der Waals surface area contributed by atoms with Gasteiger partial charge in [-0.3, -0.25) is 0 Å². The van der Waals surface area contributed by atoms with Crippen molar-refractivity contribution < 1.29 is 0 Å². The molecule has 0 N–H and O–H groups in total. The van der Waals surface area contributed by atoms with Gasteiger partial charge in [-0.15, -0.1) is 0 Å². The predicted molar refractivity (Wildman–Crippen MR) is 175 cm³/mol. The maximum absolute atomic E-state index is 2.62. The minimum Gasteiger partial charge on any atom is -0.0771 e. The first kappa shape index (κ1) is 27.9. The quantitative estimate of drug-likeness (QED) is 0.230. The molecular weight excluding hydrogens is 485 g/mol. The van der Waals surface area contributed by atoms with E-state index in [1.165, 1.54) is 39.0 Å². The van der Waals surface area contributed by atoms with Gasteiger partial charge in [0.25, 0.3) is 0 Å². The fraction of sp³-hybridized carbons (Fsp3) is 0.421. The van der Waals surface area contributed by atoms with Gasteiger partial charge in [0.2, 0.25) is 0 Å². The topological polar surface area (TPSA) is 0 Å². The van der Waals surface area contributed by atoms with Gasteiger partial charge < -0.3 is 0 Å². The number of fused-ring (bicyclic) bond motifs is 3. The van der Waals surface area contributed by atoms with Gasteiger partial charge in [0.15, 0.2) is 0 Å². The Hall–Kier alpha value is -2.64. The highest BCUT2D eigenvalue weighted by atomic mass is 28.3. The summed E-state index contributed by atoms with van der Waals surface area (Å²) in [5.74, 6) is 0. The zero-order valence-electron chi connectivity index (χ0n) is 26.3. The Labute approximate surface area is 239 Å². The van der Waals surface area contributed by atoms with E-state index in [-0.39, 0.29) is 16.2 Å². The van der Waals surface area contributed by atoms with Crippen molar-refractivity contribution in [3.05, 3.63) is 99.8 Å². The molecule has 0 amide bonds. The summed E-state index contributed by atoms with van der Waals surface area (Å²) in [5, 5.41) is 3.37. The van der Waals surface area contributed by atoms with Gasteiger partial charge in [-0.05, 0) is 84.4 Å². The third-order valence-electron chi connectivity index (χ3n) is 9.10. The molecule has 39 heavy (non-hydrogen) atoms. The highest BCUT2D eigenvalue weighted by Gasteiger charge is 2.40. The number of hydrogen-bond acceptors (Lipinski definition) is 0. The molecule has 0 radical (unpaired) electrons. The third-order valence-corrected chi connectivity index (χ3v) is 12.9. The molecular formula is C38H48Si. The van der Waals surface area contributed by atoms with E-state index < -0.39 is 8.07 Å². The van der Waals surface area contributed by atoms with E-state index in [4.69, 9.17) is 0 Å². The Balaban J connectivity index is 1.82. The second-order valence-corrected chi connectivity index (χ2v) is 19.9. The van der Waals surface area contributed by atoms with Crippen LogP contribution in [0, 0.1) is 5.41 Å². The zero-order valence-corrected chi connectivity index (χ0v) is 27.3. The van der Waals surface area contributed by atoms with Crippen LogP contribution in [0.3, 0.4) is 0 Å². The van der Waals surface area contributed by atoms with Crippen LogP contribution in [0.4, 0.5) is 0 Å². The second-order valence-electron chi connectivity index (χ2n) is 15.5. The highest BCUT2D eigenvalue weighted by Crippen LogP contribution is 2.47. The van der Waals surface area contributed by atoms with E-state index in [0.29, 0.717) is 0 Å². The van der Waals surface area contributed by atoms with Crippen LogP contribution >= 0.6 is 0 Å². The zero-order chi connectivity index (χ0) is 28.5. The molecule has 3 aromatic rings. The van der Waals surface area contributed by atoms with E-state index in [1.54, 1.807) is 21.5 Å². The first-order valence-corrected chi connectivity index (χ1v) is 17.8. The van der Waals surface area contributed by atoms with E-state index in [0.717, 1.165) is 12.8 Å². The van der Waals surface area contributed by atoms with Crippen LogP contribution in [0.5, 0.6) is 0 Å². The molecule has 2 aliphatic carbocycles. The smallest absolute Gasteiger partial charge is 0.0771 e. The molecule has 2 aliphatic rings. The summed E-state index contributed by atoms with van der Waals surface area (Å²) in [4.78, 5) is 0. The van der Waals surface area contributed by atoms with Crippen LogP contribution in [-0.4, -0.2) is 8.07 Å². The Bertz CT molecular complexity index is 1490. The van der Waals surface area contributed by atoms with Gasteiger partial charge in [0.1, 0.15) is 8.07 Å². The Morgan fingerprint density at radius 3 is 1.92 bits per heavy atom. The molecule has 0 aromatic heterocycles. The highest BCUT2D eigenvalue weighted by molar-refractivity contribution is 6.96. The monoisotopic (exact) mass is 532 g/mol. The normalized spacial score (nSPS) is 15.7. The lowest BCUT2D eigenvalue weighted by molar-refractivity contribution is 0.518. The minimum absolute atomic E-state index is 0.0585. The van der Waals surface area contributed by atoms with E-state index >= 15 is 0 Å². The summed E-state index contributed by atoms with van der Waals surface area (Å²) in [7, 11) is -1.98. The van der Waals surface area contributed by atoms with Crippen molar-refractivity contribution >= 4 is 13.3 Å². The molecule has 0 heterocycles. The molecule has 0 aliphatic heterocycles. The van der Waals surface area contributed by atoms with Crippen molar-refractivity contribution in [2.24, 2.45) is 5.41 Å². The van der Waals surface area contributed by atoms with Crippen molar-refractivity contribution in [2.45, 2.75) is 99.1 Å². The summed E-state index contributed by atoms with van der Waals surface area (Å²) in [6.07, 6.45) is 7.22. The largest absolute Gasteiger partial charge is 0.108 e. The lowest BCUT2D eigenvalue weighted by Gasteiger charge is -2.36. The number of hydrogen-bond donors (Lipinski definition) is 0. The molecule has 0 fully saturated rings. The van der Waals surface area contributed by atoms with E-state index in [9.17, 15) is 0 Å². The van der Waals surface area contributed by atoms with Gasteiger partial charge >= 0.3 is 0 Å². The predicted octanol–water partition coefficient (Wildman–Crippen LogP) is 10.3. The molecule has 0 spiro atoms. The number of rotatable bonds is 3. The molecule has 0 saturated carbocycles. The molecule has 204 valence electrons. The maximum Gasteiger partial charge on any atom is 0.108 e. The van der Waals surface area contributed by atoms with Crippen molar-refractivity contribution in [3.63, 3.8) is 0 Å². The Morgan fingerprint density at radius 1 is 0.692 bits per heavy atom. The van der Waals surface area contributed by atoms with E-state index in [2.05, 4.69) is 142 Å². The van der Waals surface area contributed by atoms with Gasteiger partial charge in [-0.1, -0.05) is 147 Å². The van der Waals surface area contributed by atoms with Crippen LogP contribution in [0.25, 0.3) is 22.3 Å². The van der Waals surface area contributed by atoms with Crippen LogP contribution in [-0.2, 0) is 17.3 Å². The first-order chi connectivity index (χ1) is 18.0. The fourth-order valence-corrected chi connectivity index (χ4v) is 10.2. The second kappa shape index (κ2) is 9.20. The first-order valence-electron chi connectivity index (χ1n) is 14.8. The Kier molecular flexibility index (Phi) is 6.58. The third kappa shape index (κ3) is 4.93. The number of allylic oxidation sites excluding steroid dienone is 4. The lowest BCUT2D eigenvalue weighted by Crippen LogP contribution is -2.49. The van der Waals surface area contributed by atoms with Crippen molar-refractivity contribution in [2.75, 3.05) is 0 Å². The summed E-state index contributed by atoms with van der Waals surface area (Å²) >= 11 is 0. The van der Waals surface area contributed by atoms with Crippen molar-refractivity contribution in [1.82, 2.24) is 0 Å². The van der Waals surface area contributed by atoms with Crippen molar-refractivity contribution in [1.29, 1.82) is 0 Å². The summed E-state index contributed by atoms with van der Waals surface area (Å²) in [6.45, 7) is 26.5. The SMILES string of the molecule is CC(C)(C)C1=CCC([Si](C)(C)c2c(C(C)(C)C)cc(-c3ccccc3)c3c2Cc2cc(C(C)(C)C)ccc2-3)=C1. The minimum atomic E-state index is -1.98. The van der Waals surface area contributed by atoms with Crippen LogP contribution in [0.15, 0.2) is 77.5 Å². The van der Waals surface area contributed by atoms with Crippen LogP contribution in [0.2, 0.25) is 13.1 Å². The molecule has 1 heteroatoms. The van der Waals surface area contributed by atoms with Gasteiger partial charge in [0, 0.05) is 0 Å².